The van der Waals surface area contributed by atoms with E-state index in [0.717, 1.165) is 30.4 Å². The molecule has 234 valence electrons. The van der Waals surface area contributed by atoms with Gasteiger partial charge >= 0.3 is 0 Å². The van der Waals surface area contributed by atoms with Crippen LogP contribution in [0.3, 0.4) is 0 Å². The van der Waals surface area contributed by atoms with Crippen LogP contribution in [0.4, 0.5) is 8.78 Å². The number of rotatable bonds is 9. The summed E-state index contributed by atoms with van der Waals surface area (Å²) in [7, 11) is 1.51. The van der Waals surface area contributed by atoms with Gasteiger partial charge in [0.15, 0.2) is 0 Å². The maximum atomic E-state index is 15.2. The van der Waals surface area contributed by atoms with Crippen LogP contribution in [0.5, 0.6) is 11.5 Å². The predicted octanol–water partition coefficient (Wildman–Crippen LogP) is 4.54. The molecule has 2 aliphatic carbocycles. The van der Waals surface area contributed by atoms with E-state index in [0.29, 0.717) is 35.7 Å². The summed E-state index contributed by atoms with van der Waals surface area (Å²) in [4.78, 5) is 30.6. The molecule has 10 nitrogen and oxygen atoms in total. The van der Waals surface area contributed by atoms with Crippen LogP contribution in [0, 0.1) is 17.6 Å². The topological polar surface area (TPSA) is 142 Å². The molecule has 1 unspecified atom stereocenters. The molecule has 13 heteroatoms. The fourth-order valence-electron chi connectivity index (χ4n) is 6.00. The van der Waals surface area contributed by atoms with Gasteiger partial charge in [0, 0.05) is 27.7 Å². The minimum Gasteiger partial charge on any atom is -0.494 e. The molecule has 3 aliphatic rings. The maximum absolute atomic E-state index is 15.2. The van der Waals surface area contributed by atoms with Crippen molar-refractivity contribution in [3.63, 3.8) is 0 Å². The number of hydrogen-bond donors (Lipinski definition) is 3. The van der Waals surface area contributed by atoms with E-state index in [2.05, 4.69) is 15.4 Å². The van der Waals surface area contributed by atoms with Gasteiger partial charge in [0.25, 0.3) is 5.91 Å². The molecular formula is C32H30ClF2N5O5. The highest BCUT2D eigenvalue weighted by Crippen LogP contribution is 2.50. The number of primary amides is 1. The summed E-state index contributed by atoms with van der Waals surface area (Å²) < 4.78 is 43.6. The molecule has 0 spiro atoms. The van der Waals surface area contributed by atoms with Crippen LogP contribution in [-0.4, -0.2) is 51.9 Å². The Morgan fingerprint density at radius 2 is 1.91 bits per heavy atom. The van der Waals surface area contributed by atoms with E-state index in [9.17, 15) is 14.7 Å². The third-order valence-electron chi connectivity index (χ3n) is 9.07. The van der Waals surface area contributed by atoms with Gasteiger partial charge in [0.05, 0.1) is 31.0 Å². The largest absolute Gasteiger partial charge is 0.494 e. The normalized spacial score (nSPS) is 20.4. The van der Waals surface area contributed by atoms with Crippen molar-refractivity contribution in [3.05, 3.63) is 70.0 Å². The molecule has 2 saturated carbocycles. The summed E-state index contributed by atoms with van der Waals surface area (Å²) in [6, 6.07) is 7.00. The molecule has 0 bridgehead atoms. The Labute approximate surface area is 261 Å². The summed E-state index contributed by atoms with van der Waals surface area (Å²) in [5, 5.41) is 20.2. The van der Waals surface area contributed by atoms with Crippen LogP contribution >= 0.6 is 11.6 Å². The number of hydrogen-bond acceptors (Lipinski definition) is 7. The SMILES string of the molecule is COc1cc(C(=O)NCC(O)(c2cc3c(c(-c4c(F)cc(Cl)cc4F)n2)OC[C@]3(C)C(N)=O)C2CC2)cc2cn(C3CC3)nc12. The summed E-state index contributed by atoms with van der Waals surface area (Å²) in [6.07, 6.45) is 5.21. The number of nitrogens with zero attached hydrogens (tertiary/aromatic N) is 3. The first kappa shape index (κ1) is 29.4. The Kier molecular flexibility index (Phi) is 6.79. The number of carbonyl (C=O) groups is 2. The van der Waals surface area contributed by atoms with E-state index in [1.807, 2.05) is 10.9 Å². The number of fused-ring (bicyclic) bond motifs is 2. The number of methoxy groups -OCH3 is 1. The standard InChI is InChI=1S/C32H30ClF2N5O5/c1-31(30(36)42)14-45-28-20(31)11-24(38-27(28)25-21(34)9-18(33)10-22(25)35)32(43,17-3-4-17)13-37-29(41)15-7-16-12-40(19-5-6-19)39-26(16)23(8-15)44-2/h7-12,17,19,43H,3-6,13-14H2,1-2H3,(H2,36,42)(H,37,41)/t31-,32?/m0/s1. The highest BCUT2D eigenvalue weighted by atomic mass is 35.5. The van der Waals surface area contributed by atoms with Gasteiger partial charge in [0.1, 0.15) is 52.0 Å². The van der Waals surface area contributed by atoms with Gasteiger partial charge < -0.3 is 25.6 Å². The molecule has 2 fully saturated rings. The van der Waals surface area contributed by atoms with Crippen molar-refractivity contribution >= 4 is 34.3 Å². The third kappa shape index (κ3) is 4.87. The smallest absolute Gasteiger partial charge is 0.251 e. The molecule has 2 atom stereocenters. The van der Waals surface area contributed by atoms with Crippen molar-refractivity contribution in [3.8, 4) is 22.8 Å². The van der Waals surface area contributed by atoms with Gasteiger partial charge in [-0.1, -0.05) is 11.6 Å². The summed E-state index contributed by atoms with van der Waals surface area (Å²) in [6.45, 7) is 1.09. The Hall–Kier alpha value is -4.29. The van der Waals surface area contributed by atoms with Crippen molar-refractivity contribution in [2.75, 3.05) is 20.3 Å². The van der Waals surface area contributed by atoms with Gasteiger partial charge in [-0.2, -0.15) is 5.10 Å². The van der Waals surface area contributed by atoms with E-state index in [1.54, 1.807) is 19.1 Å². The molecule has 0 saturated heterocycles. The molecule has 45 heavy (non-hydrogen) atoms. The molecule has 0 radical (unpaired) electrons. The first-order chi connectivity index (χ1) is 21.4. The second-order valence-electron chi connectivity index (χ2n) is 12.3. The zero-order chi connectivity index (χ0) is 31.8. The Morgan fingerprint density at radius 1 is 1.20 bits per heavy atom. The number of amides is 2. The first-order valence-electron chi connectivity index (χ1n) is 14.6. The lowest BCUT2D eigenvalue weighted by atomic mass is 9.81. The average Bonchev–Trinajstić information content (AvgIpc) is 3.94. The molecule has 2 aromatic carbocycles. The molecule has 2 aromatic heterocycles. The zero-order valence-corrected chi connectivity index (χ0v) is 25.3. The monoisotopic (exact) mass is 637 g/mol. The van der Waals surface area contributed by atoms with Crippen molar-refractivity contribution in [2.45, 2.75) is 49.7 Å². The lowest BCUT2D eigenvalue weighted by Gasteiger charge is -2.30. The number of pyridine rings is 1. The van der Waals surface area contributed by atoms with Gasteiger partial charge in [0.2, 0.25) is 5.91 Å². The van der Waals surface area contributed by atoms with Crippen LogP contribution in [0.15, 0.2) is 36.5 Å². The van der Waals surface area contributed by atoms with Gasteiger partial charge in [-0.25, -0.2) is 13.8 Å². The van der Waals surface area contributed by atoms with Crippen LogP contribution in [0.2, 0.25) is 5.02 Å². The second-order valence-corrected chi connectivity index (χ2v) is 12.7. The lowest BCUT2D eigenvalue weighted by Crippen LogP contribution is -2.44. The lowest BCUT2D eigenvalue weighted by molar-refractivity contribution is -0.123. The minimum absolute atomic E-state index is 0.0181. The molecule has 1 aliphatic heterocycles. The van der Waals surface area contributed by atoms with E-state index in [-0.39, 0.29) is 46.8 Å². The number of halogens is 3. The number of aromatic nitrogens is 3. The summed E-state index contributed by atoms with van der Waals surface area (Å²) in [5.74, 6) is -3.10. The van der Waals surface area contributed by atoms with Gasteiger partial charge in [-0.15, -0.1) is 0 Å². The Bertz CT molecular complexity index is 1890. The number of aliphatic hydroxyl groups is 1. The molecule has 2 amide bonds. The van der Waals surface area contributed by atoms with Gasteiger partial charge in [-0.05, 0) is 68.9 Å². The Morgan fingerprint density at radius 3 is 2.53 bits per heavy atom. The van der Waals surface area contributed by atoms with Crippen LogP contribution in [-0.2, 0) is 15.8 Å². The second kappa shape index (κ2) is 10.4. The third-order valence-corrected chi connectivity index (χ3v) is 9.29. The molecule has 4 aromatic rings. The highest BCUT2D eigenvalue weighted by molar-refractivity contribution is 6.30. The number of nitrogens with two attached hydrogens (primary N) is 1. The van der Waals surface area contributed by atoms with Gasteiger partial charge in [-0.3, -0.25) is 14.3 Å². The maximum Gasteiger partial charge on any atom is 0.251 e. The number of nitrogens with one attached hydrogen (secondary N) is 1. The zero-order valence-electron chi connectivity index (χ0n) is 24.5. The minimum atomic E-state index is -1.76. The fourth-order valence-corrected chi connectivity index (χ4v) is 6.20. The van der Waals surface area contributed by atoms with Crippen molar-refractivity contribution in [1.29, 1.82) is 0 Å². The Balaban J connectivity index is 1.28. The molecule has 7 rings (SSSR count). The van der Waals surface area contributed by atoms with Crippen molar-refractivity contribution in [2.24, 2.45) is 11.7 Å². The van der Waals surface area contributed by atoms with Crippen LogP contribution in [0.25, 0.3) is 22.2 Å². The highest BCUT2D eigenvalue weighted by Gasteiger charge is 2.50. The number of benzene rings is 2. The summed E-state index contributed by atoms with van der Waals surface area (Å²) in [5.41, 5.74) is 3.05. The molecule has 4 N–H and O–H groups in total. The van der Waals surface area contributed by atoms with E-state index in [4.69, 9.17) is 26.8 Å². The molecule has 3 heterocycles. The quantitative estimate of drug-likeness (QED) is 0.245. The predicted molar refractivity (Wildman–Crippen MR) is 160 cm³/mol. The van der Waals surface area contributed by atoms with Crippen molar-refractivity contribution in [1.82, 2.24) is 20.1 Å². The van der Waals surface area contributed by atoms with E-state index in [1.165, 1.54) is 13.2 Å². The van der Waals surface area contributed by atoms with E-state index >= 15 is 8.78 Å². The van der Waals surface area contributed by atoms with E-state index < -0.39 is 40.0 Å². The van der Waals surface area contributed by atoms with Crippen LogP contribution < -0.4 is 20.5 Å². The molecular weight excluding hydrogens is 608 g/mol. The fraction of sp³-hybridized carbons (Fsp3) is 0.375. The number of carbonyl (C=O) groups excluding carboxylic acids is 2. The van der Waals surface area contributed by atoms with Crippen molar-refractivity contribution < 1.29 is 33.0 Å². The van der Waals surface area contributed by atoms with Crippen LogP contribution in [0.1, 0.15) is 60.3 Å². The number of ether oxygens (including phenoxy) is 2. The summed E-state index contributed by atoms with van der Waals surface area (Å²) >= 11 is 5.87. The first-order valence-corrected chi connectivity index (χ1v) is 15.0. The average molecular weight is 638 g/mol.